The van der Waals surface area contributed by atoms with E-state index in [1.54, 1.807) is 13.8 Å². The Bertz CT molecular complexity index is 158. The van der Waals surface area contributed by atoms with Gasteiger partial charge in [0, 0.05) is 0 Å². The van der Waals surface area contributed by atoms with E-state index in [2.05, 4.69) is 10.1 Å². The van der Waals surface area contributed by atoms with E-state index in [1.807, 2.05) is 0 Å². The quantitative estimate of drug-likeness (QED) is 0.551. The number of amides is 1. The van der Waals surface area contributed by atoms with Crippen molar-refractivity contribution in [2.75, 3.05) is 6.54 Å². The Morgan fingerprint density at radius 1 is 1.80 bits per heavy atom. The van der Waals surface area contributed by atoms with Crippen LogP contribution in [0.4, 0.5) is 9.18 Å². The van der Waals surface area contributed by atoms with E-state index >= 15 is 0 Å². The average molecular weight is 147 g/mol. The molecule has 3 nitrogen and oxygen atoms in total. The molecule has 0 aromatic rings. The molecule has 1 amide bonds. The fraction of sp³-hybridized carbons (Fsp3) is 0.833. The first-order valence-corrected chi connectivity index (χ1v) is 3.13. The van der Waals surface area contributed by atoms with Gasteiger partial charge in [-0.3, -0.25) is 0 Å². The molecule has 0 bridgehead atoms. The normalized spacial score (nSPS) is 30.7. The highest BCUT2D eigenvalue weighted by Crippen LogP contribution is 2.20. The van der Waals surface area contributed by atoms with Crippen LogP contribution in [0.1, 0.15) is 13.8 Å². The van der Waals surface area contributed by atoms with Crippen molar-refractivity contribution in [3.63, 3.8) is 0 Å². The summed E-state index contributed by atoms with van der Waals surface area (Å²) in [6, 6.07) is 0. The van der Waals surface area contributed by atoms with Crippen molar-refractivity contribution in [2.24, 2.45) is 0 Å². The van der Waals surface area contributed by atoms with E-state index in [-0.39, 0.29) is 6.54 Å². The van der Waals surface area contributed by atoms with E-state index in [4.69, 9.17) is 0 Å². The first kappa shape index (κ1) is 7.31. The van der Waals surface area contributed by atoms with Crippen LogP contribution in [0.15, 0.2) is 0 Å². The molecule has 1 unspecified atom stereocenters. The van der Waals surface area contributed by atoms with Crippen LogP contribution in [0, 0.1) is 0 Å². The lowest BCUT2D eigenvalue weighted by molar-refractivity contribution is -0.0411. The maximum absolute atomic E-state index is 12.8. The molecule has 1 atom stereocenters. The van der Waals surface area contributed by atoms with E-state index in [0.717, 1.165) is 0 Å². The maximum atomic E-state index is 12.8. The molecule has 0 aromatic heterocycles. The summed E-state index contributed by atoms with van der Waals surface area (Å²) in [6.07, 6.45) is -1.66. The van der Waals surface area contributed by atoms with E-state index in [1.165, 1.54) is 0 Å². The number of carbonyl (C=O) groups excluding carboxylic acids is 1. The SMILES string of the molecule is CC1(C)OC(=O)NCC1F. The van der Waals surface area contributed by atoms with Crippen LogP contribution >= 0.6 is 0 Å². The number of cyclic esters (lactones) is 1. The first-order valence-electron chi connectivity index (χ1n) is 3.13. The number of ether oxygens (including phenoxy) is 1. The van der Waals surface area contributed by atoms with Crippen molar-refractivity contribution in [3.05, 3.63) is 0 Å². The third-order valence-corrected chi connectivity index (χ3v) is 1.54. The molecule has 1 saturated heterocycles. The molecule has 0 radical (unpaired) electrons. The van der Waals surface area contributed by atoms with Gasteiger partial charge in [0.25, 0.3) is 0 Å². The van der Waals surface area contributed by atoms with Crippen molar-refractivity contribution in [1.29, 1.82) is 0 Å². The van der Waals surface area contributed by atoms with Crippen LogP contribution < -0.4 is 5.32 Å². The van der Waals surface area contributed by atoms with Crippen LogP contribution in [0.3, 0.4) is 0 Å². The lowest BCUT2D eigenvalue weighted by atomic mass is 10.0. The van der Waals surface area contributed by atoms with Crippen LogP contribution in [-0.4, -0.2) is 24.4 Å². The molecule has 1 rings (SSSR count). The third-order valence-electron chi connectivity index (χ3n) is 1.54. The van der Waals surface area contributed by atoms with Gasteiger partial charge in [-0.05, 0) is 13.8 Å². The van der Waals surface area contributed by atoms with Gasteiger partial charge in [0.2, 0.25) is 0 Å². The molecule has 1 aliphatic rings. The summed E-state index contributed by atoms with van der Waals surface area (Å²) in [5, 5.41) is 2.25. The highest BCUT2D eigenvalue weighted by molar-refractivity contribution is 5.68. The Kier molecular flexibility index (Phi) is 1.54. The lowest BCUT2D eigenvalue weighted by Gasteiger charge is -2.33. The molecular weight excluding hydrogens is 137 g/mol. The van der Waals surface area contributed by atoms with E-state index in [0.29, 0.717) is 0 Å². The Balaban J connectivity index is 2.63. The number of halogens is 1. The molecule has 0 spiro atoms. The highest BCUT2D eigenvalue weighted by Gasteiger charge is 2.37. The van der Waals surface area contributed by atoms with Gasteiger partial charge in [-0.15, -0.1) is 0 Å². The topological polar surface area (TPSA) is 38.3 Å². The summed E-state index contributed by atoms with van der Waals surface area (Å²) in [5.74, 6) is 0. The smallest absolute Gasteiger partial charge is 0.407 e. The maximum Gasteiger partial charge on any atom is 0.407 e. The Morgan fingerprint density at radius 2 is 2.40 bits per heavy atom. The molecule has 0 aliphatic carbocycles. The lowest BCUT2D eigenvalue weighted by Crippen LogP contribution is -2.52. The Labute approximate surface area is 58.5 Å². The zero-order valence-corrected chi connectivity index (χ0v) is 5.98. The molecule has 0 saturated carbocycles. The first-order chi connectivity index (χ1) is 4.52. The molecule has 1 fully saturated rings. The summed E-state index contributed by atoms with van der Waals surface area (Å²) in [5.41, 5.74) is -0.970. The molecular formula is C6H10FNO2. The fourth-order valence-corrected chi connectivity index (χ4v) is 0.758. The number of carbonyl (C=O) groups is 1. The summed E-state index contributed by atoms with van der Waals surface area (Å²) in [7, 11) is 0. The average Bonchev–Trinajstić information content (AvgIpc) is 1.78. The molecule has 1 N–H and O–H groups in total. The van der Waals surface area contributed by atoms with Crippen LogP contribution in [0.5, 0.6) is 0 Å². The molecule has 0 aromatic carbocycles. The Morgan fingerprint density at radius 3 is 2.80 bits per heavy atom. The Hall–Kier alpha value is -0.800. The fourth-order valence-electron chi connectivity index (χ4n) is 0.758. The van der Waals surface area contributed by atoms with Crippen LogP contribution in [0.2, 0.25) is 0 Å². The van der Waals surface area contributed by atoms with Crippen molar-refractivity contribution in [2.45, 2.75) is 25.6 Å². The number of alkyl halides is 1. The minimum Gasteiger partial charge on any atom is -0.440 e. The van der Waals surface area contributed by atoms with Crippen molar-refractivity contribution < 1.29 is 13.9 Å². The van der Waals surface area contributed by atoms with E-state index in [9.17, 15) is 9.18 Å². The van der Waals surface area contributed by atoms with Crippen LogP contribution in [0.25, 0.3) is 0 Å². The largest absolute Gasteiger partial charge is 0.440 e. The van der Waals surface area contributed by atoms with Gasteiger partial charge in [-0.1, -0.05) is 0 Å². The second kappa shape index (κ2) is 2.11. The van der Waals surface area contributed by atoms with Crippen molar-refractivity contribution in [1.82, 2.24) is 5.32 Å². The second-order valence-electron chi connectivity index (χ2n) is 2.84. The third kappa shape index (κ3) is 1.20. The predicted molar refractivity (Wildman–Crippen MR) is 33.5 cm³/mol. The number of rotatable bonds is 0. The summed E-state index contributed by atoms with van der Waals surface area (Å²) in [6.45, 7) is 3.15. The number of hydrogen-bond donors (Lipinski definition) is 1. The monoisotopic (exact) mass is 147 g/mol. The standard InChI is InChI=1S/C6H10FNO2/c1-6(2)4(7)3-8-5(9)10-6/h4H,3H2,1-2H3,(H,8,9). The zero-order chi connectivity index (χ0) is 7.78. The predicted octanol–water partition coefficient (Wildman–Crippen LogP) is 0.843. The molecule has 1 heterocycles. The van der Waals surface area contributed by atoms with Gasteiger partial charge >= 0.3 is 6.09 Å². The highest BCUT2D eigenvalue weighted by atomic mass is 19.1. The van der Waals surface area contributed by atoms with Gasteiger partial charge in [0.05, 0.1) is 6.54 Å². The van der Waals surface area contributed by atoms with Gasteiger partial charge in [-0.25, -0.2) is 9.18 Å². The van der Waals surface area contributed by atoms with Crippen molar-refractivity contribution in [3.8, 4) is 0 Å². The molecule has 1 aliphatic heterocycles. The number of hydrogen-bond acceptors (Lipinski definition) is 2. The van der Waals surface area contributed by atoms with Gasteiger partial charge in [0.15, 0.2) is 6.17 Å². The molecule has 58 valence electrons. The summed E-state index contributed by atoms with van der Waals surface area (Å²) >= 11 is 0. The molecule has 10 heavy (non-hydrogen) atoms. The van der Waals surface area contributed by atoms with Crippen molar-refractivity contribution >= 4 is 6.09 Å². The van der Waals surface area contributed by atoms with Crippen LogP contribution in [-0.2, 0) is 4.74 Å². The second-order valence-corrected chi connectivity index (χ2v) is 2.84. The minimum absolute atomic E-state index is 0.0475. The number of alkyl carbamates (subject to hydrolysis) is 1. The number of nitrogens with one attached hydrogen (secondary N) is 1. The summed E-state index contributed by atoms with van der Waals surface area (Å²) in [4.78, 5) is 10.5. The van der Waals surface area contributed by atoms with E-state index < -0.39 is 17.9 Å². The van der Waals surface area contributed by atoms with Gasteiger partial charge in [-0.2, -0.15) is 0 Å². The molecule has 4 heteroatoms. The van der Waals surface area contributed by atoms with Gasteiger partial charge < -0.3 is 10.1 Å². The van der Waals surface area contributed by atoms with Gasteiger partial charge in [0.1, 0.15) is 5.60 Å². The minimum atomic E-state index is -1.12. The zero-order valence-electron chi connectivity index (χ0n) is 5.98. The summed E-state index contributed by atoms with van der Waals surface area (Å²) < 4.78 is 17.5.